The summed E-state index contributed by atoms with van der Waals surface area (Å²) in [6, 6.07) is 2.23. The largest absolute Gasteiger partial charge is 0.444 e. The number of rotatable bonds is 2. The second-order valence-corrected chi connectivity index (χ2v) is 7.36. The second kappa shape index (κ2) is 6.92. The van der Waals surface area contributed by atoms with E-state index in [-0.39, 0.29) is 24.5 Å². The Bertz CT molecular complexity index is 650. The van der Waals surface area contributed by atoms with E-state index in [2.05, 4.69) is 26.2 Å². The van der Waals surface area contributed by atoms with Gasteiger partial charge in [0.25, 0.3) is 0 Å². The highest BCUT2D eigenvalue weighted by atomic mass is 79.9. The van der Waals surface area contributed by atoms with Crippen LogP contribution < -0.4 is 11.1 Å². The Labute approximate surface area is 147 Å². The average molecular weight is 403 g/mol. The molecule has 0 aromatic carbocycles. The van der Waals surface area contributed by atoms with Crippen molar-refractivity contribution in [2.45, 2.75) is 45.0 Å². The first-order valence-corrected chi connectivity index (χ1v) is 8.22. The van der Waals surface area contributed by atoms with Gasteiger partial charge in [-0.3, -0.25) is 9.69 Å². The Hall–Kier alpha value is -1.90. The summed E-state index contributed by atoms with van der Waals surface area (Å²) in [5, 5.41) is 2.54. The second-order valence-electron chi connectivity index (χ2n) is 6.54. The molecular formula is C15H20BrFN4O3. The number of ether oxygens (including phenoxy) is 1. The number of nitrogens with zero attached hydrogens (tertiary/aromatic N) is 2. The topological polar surface area (TPSA) is 97.5 Å². The standard InChI is InChI=1S/C15H20BrFN4O3/c1-15(2,3)24-14(23)21-7-8(17)6-10(21)13(22)20-12-9(18)4-5-11(16)19-12/h4-5,8,10H,6-7,18H2,1-3H3,(H,19,20,22)/t8-,10+/m1/s1. The molecule has 3 N–H and O–H groups in total. The number of halogens is 2. The number of amides is 2. The number of nitrogens with one attached hydrogen (secondary N) is 1. The lowest BCUT2D eigenvalue weighted by Gasteiger charge is -2.27. The maximum atomic E-state index is 13.8. The van der Waals surface area contributed by atoms with Crippen LogP contribution in [0.1, 0.15) is 27.2 Å². The average Bonchev–Trinajstić information content (AvgIpc) is 2.83. The van der Waals surface area contributed by atoms with Gasteiger partial charge in [-0.05, 0) is 48.8 Å². The summed E-state index contributed by atoms with van der Waals surface area (Å²) in [6.45, 7) is 4.92. The van der Waals surface area contributed by atoms with Crippen molar-refractivity contribution in [1.82, 2.24) is 9.88 Å². The lowest BCUT2D eigenvalue weighted by atomic mass is 10.2. The fourth-order valence-electron chi connectivity index (χ4n) is 2.30. The lowest BCUT2D eigenvalue weighted by molar-refractivity contribution is -0.120. The fraction of sp³-hybridized carbons (Fsp3) is 0.533. The normalized spacial score (nSPS) is 20.8. The van der Waals surface area contributed by atoms with E-state index in [9.17, 15) is 14.0 Å². The van der Waals surface area contributed by atoms with Crippen LogP contribution in [0.4, 0.5) is 20.7 Å². The number of nitrogen functional groups attached to an aromatic ring is 1. The first-order valence-electron chi connectivity index (χ1n) is 7.43. The van der Waals surface area contributed by atoms with Gasteiger partial charge in [-0.1, -0.05) is 0 Å². The van der Waals surface area contributed by atoms with Crippen molar-refractivity contribution in [2.24, 2.45) is 0 Å². The van der Waals surface area contributed by atoms with Crippen molar-refractivity contribution < 1.29 is 18.7 Å². The summed E-state index contributed by atoms with van der Waals surface area (Å²) in [4.78, 5) is 29.8. The van der Waals surface area contributed by atoms with Crippen LogP contribution >= 0.6 is 15.9 Å². The van der Waals surface area contributed by atoms with Crippen molar-refractivity contribution in [3.63, 3.8) is 0 Å². The summed E-state index contributed by atoms with van der Waals surface area (Å²) in [5.41, 5.74) is 5.30. The van der Waals surface area contributed by atoms with Gasteiger partial charge >= 0.3 is 6.09 Å². The Kier molecular flexibility index (Phi) is 5.32. The van der Waals surface area contributed by atoms with E-state index < -0.39 is 29.8 Å². The molecule has 0 unspecified atom stereocenters. The minimum atomic E-state index is -1.29. The number of hydrogen-bond acceptors (Lipinski definition) is 5. The molecule has 2 atom stereocenters. The Balaban J connectivity index is 2.14. The summed E-state index contributed by atoms with van der Waals surface area (Å²) in [5.74, 6) is -0.404. The molecule has 1 aromatic rings. The van der Waals surface area contributed by atoms with Crippen LogP contribution in [0.2, 0.25) is 0 Å². The Morgan fingerprint density at radius 2 is 2.12 bits per heavy atom. The first-order chi connectivity index (χ1) is 11.1. The molecule has 0 radical (unpaired) electrons. The SMILES string of the molecule is CC(C)(C)OC(=O)N1C[C@H](F)C[C@H]1C(=O)Nc1nc(Br)ccc1N. The van der Waals surface area contributed by atoms with Crippen molar-refractivity contribution in [3.8, 4) is 0 Å². The number of alkyl halides is 1. The molecule has 1 saturated heterocycles. The van der Waals surface area contributed by atoms with Crippen molar-refractivity contribution >= 4 is 39.4 Å². The molecule has 0 bridgehead atoms. The van der Waals surface area contributed by atoms with E-state index in [1.165, 1.54) is 0 Å². The van der Waals surface area contributed by atoms with Gasteiger partial charge in [0.1, 0.15) is 22.4 Å². The molecule has 2 rings (SSSR count). The van der Waals surface area contributed by atoms with Gasteiger partial charge in [0.05, 0.1) is 12.2 Å². The Morgan fingerprint density at radius 1 is 1.46 bits per heavy atom. The highest BCUT2D eigenvalue weighted by molar-refractivity contribution is 9.10. The number of likely N-dealkylation sites (tertiary alicyclic amines) is 1. The van der Waals surface area contributed by atoms with Crippen LogP contribution in [-0.4, -0.2) is 46.2 Å². The molecule has 24 heavy (non-hydrogen) atoms. The third-order valence-electron chi connectivity index (χ3n) is 3.31. The molecule has 1 fully saturated rings. The fourth-order valence-corrected chi connectivity index (χ4v) is 2.61. The predicted molar refractivity (Wildman–Crippen MR) is 91.2 cm³/mol. The van der Waals surface area contributed by atoms with Crippen LogP contribution in [0, 0.1) is 0 Å². The molecule has 9 heteroatoms. The van der Waals surface area contributed by atoms with Gasteiger partial charge in [0.15, 0.2) is 5.82 Å². The number of hydrogen-bond donors (Lipinski definition) is 2. The number of aromatic nitrogens is 1. The third-order valence-corrected chi connectivity index (χ3v) is 3.76. The molecule has 1 aromatic heterocycles. The van der Waals surface area contributed by atoms with Gasteiger partial charge in [0, 0.05) is 6.42 Å². The maximum Gasteiger partial charge on any atom is 0.411 e. The molecule has 1 aliphatic heterocycles. The van der Waals surface area contributed by atoms with Crippen LogP contribution in [-0.2, 0) is 9.53 Å². The van der Waals surface area contributed by atoms with Crippen molar-refractivity contribution in [1.29, 1.82) is 0 Å². The molecule has 0 spiro atoms. The van der Waals surface area contributed by atoms with Crippen LogP contribution in [0.3, 0.4) is 0 Å². The summed E-state index contributed by atoms with van der Waals surface area (Å²) < 4.78 is 19.5. The van der Waals surface area contributed by atoms with E-state index >= 15 is 0 Å². The molecule has 2 heterocycles. The number of carbonyl (C=O) groups excluding carboxylic acids is 2. The van der Waals surface area contributed by atoms with Crippen LogP contribution in [0.5, 0.6) is 0 Å². The van der Waals surface area contributed by atoms with Crippen molar-refractivity contribution in [2.75, 3.05) is 17.6 Å². The van der Waals surface area contributed by atoms with Crippen LogP contribution in [0.25, 0.3) is 0 Å². The zero-order valence-electron chi connectivity index (χ0n) is 13.7. The molecule has 2 amide bonds. The van der Waals surface area contributed by atoms with E-state index in [1.54, 1.807) is 32.9 Å². The molecule has 1 aliphatic rings. The zero-order chi connectivity index (χ0) is 18.1. The van der Waals surface area contributed by atoms with Gasteiger partial charge in [-0.25, -0.2) is 14.2 Å². The van der Waals surface area contributed by atoms with Crippen molar-refractivity contribution in [3.05, 3.63) is 16.7 Å². The van der Waals surface area contributed by atoms with E-state index in [1.807, 2.05) is 0 Å². The number of carbonyl (C=O) groups is 2. The highest BCUT2D eigenvalue weighted by Crippen LogP contribution is 2.25. The monoisotopic (exact) mass is 402 g/mol. The predicted octanol–water partition coefficient (Wildman–Crippen LogP) is 2.71. The molecule has 7 nitrogen and oxygen atoms in total. The number of anilines is 2. The summed E-state index contributed by atoms with van der Waals surface area (Å²) >= 11 is 3.18. The quantitative estimate of drug-likeness (QED) is 0.741. The molecule has 0 saturated carbocycles. The third kappa shape index (κ3) is 4.56. The van der Waals surface area contributed by atoms with E-state index in [0.29, 0.717) is 4.60 Å². The lowest BCUT2D eigenvalue weighted by Crippen LogP contribution is -2.45. The first kappa shape index (κ1) is 18.4. The van der Waals surface area contributed by atoms with Gasteiger partial charge in [-0.15, -0.1) is 0 Å². The molecule has 0 aliphatic carbocycles. The van der Waals surface area contributed by atoms with Gasteiger partial charge < -0.3 is 15.8 Å². The summed E-state index contributed by atoms with van der Waals surface area (Å²) in [6.07, 6.45) is -2.11. The van der Waals surface area contributed by atoms with E-state index in [4.69, 9.17) is 10.5 Å². The minimum Gasteiger partial charge on any atom is -0.444 e. The van der Waals surface area contributed by atoms with Gasteiger partial charge in [-0.2, -0.15) is 0 Å². The van der Waals surface area contributed by atoms with E-state index in [0.717, 1.165) is 4.90 Å². The van der Waals surface area contributed by atoms with Gasteiger partial charge in [0.2, 0.25) is 5.91 Å². The molecule has 132 valence electrons. The smallest absolute Gasteiger partial charge is 0.411 e. The zero-order valence-corrected chi connectivity index (χ0v) is 15.3. The maximum absolute atomic E-state index is 13.8. The highest BCUT2D eigenvalue weighted by Gasteiger charge is 2.41. The summed E-state index contributed by atoms with van der Waals surface area (Å²) in [7, 11) is 0. The minimum absolute atomic E-state index is 0.0982. The Morgan fingerprint density at radius 3 is 2.75 bits per heavy atom. The van der Waals surface area contributed by atoms with Crippen LogP contribution in [0.15, 0.2) is 16.7 Å². The number of pyridine rings is 1. The number of nitrogens with two attached hydrogens (primary N) is 1. The molecular weight excluding hydrogens is 383 g/mol.